The molecular weight excluding hydrogens is 453 g/mol. The molecular formula is C25H26FN5O4. The molecule has 0 aliphatic carbocycles. The second kappa shape index (κ2) is 10.7. The van der Waals surface area contributed by atoms with Crippen LogP contribution in [0.3, 0.4) is 0 Å². The molecule has 35 heavy (non-hydrogen) atoms. The van der Waals surface area contributed by atoms with Crippen molar-refractivity contribution in [1.29, 1.82) is 0 Å². The van der Waals surface area contributed by atoms with Crippen LogP contribution < -0.4 is 14.2 Å². The number of ether oxygens (including phenoxy) is 4. The van der Waals surface area contributed by atoms with Crippen LogP contribution in [0.5, 0.6) is 23.3 Å². The average Bonchev–Trinajstić information content (AvgIpc) is 3.35. The highest BCUT2D eigenvalue weighted by atomic mass is 19.1. The third kappa shape index (κ3) is 5.33. The van der Waals surface area contributed by atoms with E-state index in [1.807, 2.05) is 6.07 Å². The van der Waals surface area contributed by atoms with E-state index in [0.717, 1.165) is 39.3 Å². The summed E-state index contributed by atoms with van der Waals surface area (Å²) in [7, 11) is 1.58. The van der Waals surface area contributed by atoms with Gasteiger partial charge in [0.05, 0.1) is 43.5 Å². The number of hydrogen-bond acceptors (Lipinski definition) is 8. The number of aromatic amines is 1. The third-order valence-corrected chi connectivity index (χ3v) is 5.78. The van der Waals surface area contributed by atoms with Crippen LogP contribution in [0.2, 0.25) is 0 Å². The first-order valence-corrected chi connectivity index (χ1v) is 11.4. The maximum Gasteiger partial charge on any atom is 0.240 e. The molecule has 5 rings (SSSR count). The van der Waals surface area contributed by atoms with Gasteiger partial charge in [0, 0.05) is 37.3 Å². The largest absolute Gasteiger partial charge is 0.493 e. The summed E-state index contributed by atoms with van der Waals surface area (Å²) in [5, 5.41) is 7.58. The summed E-state index contributed by atoms with van der Waals surface area (Å²) in [5.41, 5.74) is 1.55. The number of aromatic nitrogens is 4. The maximum absolute atomic E-state index is 14.1. The average molecular weight is 480 g/mol. The topological polar surface area (TPSA) is 94.6 Å². The van der Waals surface area contributed by atoms with Crippen LogP contribution in [0.15, 0.2) is 48.8 Å². The molecule has 182 valence electrons. The van der Waals surface area contributed by atoms with E-state index in [9.17, 15) is 4.39 Å². The summed E-state index contributed by atoms with van der Waals surface area (Å²) in [5.74, 6) is 1.37. The van der Waals surface area contributed by atoms with Gasteiger partial charge in [-0.3, -0.25) is 10.00 Å². The van der Waals surface area contributed by atoms with E-state index in [0.29, 0.717) is 46.1 Å². The Labute approximate surface area is 201 Å². The van der Waals surface area contributed by atoms with E-state index in [1.54, 1.807) is 37.4 Å². The van der Waals surface area contributed by atoms with E-state index in [2.05, 4.69) is 25.1 Å². The fourth-order valence-corrected chi connectivity index (χ4v) is 3.96. The SMILES string of the molecule is COc1cc2c(Oc3cc(-c4ccccc4F)[nH]n3)ncnc2cc1OCCCN1CCOCC1. The first kappa shape index (κ1) is 23.0. The van der Waals surface area contributed by atoms with Crippen molar-refractivity contribution in [1.82, 2.24) is 25.1 Å². The van der Waals surface area contributed by atoms with Gasteiger partial charge in [-0.15, -0.1) is 5.10 Å². The molecule has 2 aromatic carbocycles. The first-order valence-electron chi connectivity index (χ1n) is 11.4. The Morgan fingerprint density at radius 1 is 1.09 bits per heavy atom. The molecule has 0 amide bonds. The minimum absolute atomic E-state index is 0.255. The minimum Gasteiger partial charge on any atom is -0.493 e. The Balaban J connectivity index is 1.31. The van der Waals surface area contributed by atoms with Gasteiger partial charge in [0.2, 0.25) is 11.8 Å². The van der Waals surface area contributed by atoms with E-state index in [4.69, 9.17) is 18.9 Å². The Bertz CT molecular complexity index is 1290. The van der Waals surface area contributed by atoms with Gasteiger partial charge < -0.3 is 18.9 Å². The lowest BCUT2D eigenvalue weighted by atomic mass is 10.1. The number of nitrogens with zero attached hydrogens (tertiary/aromatic N) is 4. The zero-order valence-corrected chi connectivity index (χ0v) is 19.4. The summed E-state index contributed by atoms with van der Waals surface area (Å²) in [6.45, 7) is 4.99. The van der Waals surface area contributed by atoms with Crippen LogP contribution in [-0.4, -0.2) is 71.6 Å². The van der Waals surface area contributed by atoms with Crippen LogP contribution in [0.25, 0.3) is 22.2 Å². The number of fused-ring (bicyclic) bond motifs is 1. The number of hydrogen-bond donors (Lipinski definition) is 1. The molecule has 0 atom stereocenters. The Hall–Kier alpha value is -3.76. The molecule has 1 aliphatic heterocycles. The predicted molar refractivity (Wildman–Crippen MR) is 128 cm³/mol. The fourth-order valence-electron chi connectivity index (χ4n) is 3.96. The minimum atomic E-state index is -0.350. The van der Waals surface area contributed by atoms with Crippen LogP contribution in [0, 0.1) is 5.82 Å². The highest BCUT2D eigenvalue weighted by Gasteiger charge is 2.16. The molecule has 9 nitrogen and oxygen atoms in total. The monoisotopic (exact) mass is 479 g/mol. The van der Waals surface area contributed by atoms with Crippen molar-refractivity contribution >= 4 is 10.9 Å². The Kier molecular flexibility index (Phi) is 7.01. The third-order valence-electron chi connectivity index (χ3n) is 5.78. The molecule has 0 bridgehead atoms. The van der Waals surface area contributed by atoms with E-state index in [1.165, 1.54) is 12.4 Å². The maximum atomic E-state index is 14.1. The lowest BCUT2D eigenvalue weighted by Gasteiger charge is -2.26. The van der Waals surface area contributed by atoms with Gasteiger partial charge in [-0.1, -0.05) is 12.1 Å². The van der Waals surface area contributed by atoms with Crippen molar-refractivity contribution in [3.8, 4) is 34.5 Å². The molecule has 0 unspecified atom stereocenters. The molecule has 1 N–H and O–H groups in total. The molecule has 0 saturated carbocycles. The van der Waals surface area contributed by atoms with Gasteiger partial charge in [-0.05, 0) is 24.6 Å². The van der Waals surface area contributed by atoms with Crippen LogP contribution >= 0.6 is 0 Å². The van der Waals surface area contributed by atoms with Gasteiger partial charge in [0.15, 0.2) is 11.5 Å². The summed E-state index contributed by atoms with van der Waals surface area (Å²) < 4.78 is 37.0. The van der Waals surface area contributed by atoms with E-state index >= 15 is 0 Å². The molecule has 1 saturated heterocycles. The Morgan fingerprint density at radius 2 is 1.94 bits per heavy atom. The highest BCUT2D eigenvalue weighted by molar-refractivity contribution is 5.87. The van der Waals surface area contributed by atoms with Crippen molar-refractivity contribution in [3.05, 3.63) is 54.6 Å². The second-order valence-corrected chi connectivity index (χ2v) is 8.06. The van der Waals surface area contributed by atoms with Gasteiger partial charge in [0.25, 0.3) is 0 Å². The number of H-pyrrole nitrogens is 1. The molecule has 1 aliphatic rings. The number of benzene rings is 2. The predicted octanol–water partition coefficient (Wildman–Crippen LogP) is 4.06. The number of methoxy groups -OCH3 is 1. The van der Waals surface area contributed by atoms with E-state index in [-0.39, 0.29) is 11.7 Å². The van der Waals surface area contributed by atoms with Crippen LogP contribution in [0.1, 0.15) is 6.42 Å². The smallest absolute Gasteiger partial charge is 0.240 e. The van der Waals surface area contributed by atoms with Gasteiger partial charge in [-0.2, -0.15) is 0 Å². The molecule has 4 aromatic rings. The lowest BCUT2D eigenvalue weighted by Crippen LogP contribution is -2.37. The van der Waals surface area contributed by atoms with Gasteiger partial charge >= 0.3 is 0 Å². The van der Waals surface area contributed by atoms with E-state index < -0.39 is 0 Å². The molecule has 10 heteroatoms. The zero-order chi connectivity index (χ0) is 24.0. The summed E-state index contributed by atoms with van der Waals surface area (Å²) in [6, 6.07) is 11.7. The molecule has 1 fully saturated rings. The highest BCUT2D eigenvalue weighted by Crippen LogP contribution is 2.36. The standard InChI is InChI=1S/C25H26FN5O4/c1-32-22-13-18-20(14-23(22)34-10-4-7-31-8-11-33-12-9-31)27-16-28-25(18)35-24-15-21(29-30-24)17-5-2-3-6-19(17)26/h2-3,5-6,13-16H,4,7-12H2,1H3,(H,29,30). The number of nitrogens with one attached hydrogen (secondary N) is 1. The fraction of sp³-hybridized carbons (Fsp3) is 0.320. The molecule has 0 spiro atoms. The van der Waals surface area contributed by atoms with Crippen molar-refractivity contribution in [3.63, 3.8) is 0 Å². The van der Waals surface area contributed by atoms with Crippen molar-refractivity contribution in [2.75, 3.05) is 46.6 Å². The lowest BCUT2D eigenvalue weighted by molar-refractivity contribution is 0.0357. The van der Waals surface area contributed by atoms with Crippen LogP contribution in [0.4, 0.5) is 4.39 Å². The summed E-state index contributed by atoms with van der Waals surface area (Å²) in [6.07, 6.45) is 2.31. The van der Waals surface area contributed by atoms with Crippen LogP contribution in [-0.2, 0) is 4.74 Å². The number of morpholine rings is 1. The van der Waals surface area contributed by atoms with Gasteiger partial charge in [0.1, 0.15) is 12.1 Å². The number of halogens is 1. The van der Waals surface area contributed by atoms with Crippen molar-refractivity contribution in [2.24, 2.45) is 0 Å². The molecule has 3 heterocycles. The zero-order valence-electron chi connectivity index (χ0n) is 19.4. The van der Waals surface area contributed by atoms with Gasteiger partial charge in [-0.25, -0.2) is 14.4 Å². The van der Waals surface area contributed by atoms with Crippen molar-refractivity contribution < 1.29 is 23.3 Å². The number of rotatable bonds is 9. The quantitative estimate of drug-likeness (QED) is 0.359. The second-order valence-electron chi connectivity index (χ2n) is 8.06. The Morgan fingerprint density at radius 3 is 2.77 bits per heavy atom. The first-order chi connectivity index (χ1) is 17.2. The molecule has 2 aromatic heterocycles. The normalized spacial score (nSPS) is 14.2. The molecule has 0 radical (unpaired) electrons. The summed E-state index contributed by atoms with van der Waals surface area (Å²) >= 11 is 0. The van der Waals surface area contributed by atoms with Crippen molar-refractivity contribution in [2.45, 2.75) is 6.42 Å². The summed E-state index contributed by atoms with van der Waals surface area (Å²) in [4.78, 5) is 11.0.